The first-order chi connectivity index (χ1) is 9.67. The second kappa shape index (κ2) is 6.60. The van der Waals surface area contributed by atoms with Gasteiger partial charge in [-0.05, 0) is 12.8 Å². The van der Waals surface area contributed by atoms with Gasteiger partial charge >= 0.3 is 0 Å². The molecule has 108 valence electrons. The number of amides is 1. The third-order valence-electron chi connectivity index (χ3n) is 2.98. The van der Waals surface area contributed by atoms with E-state index in [0.29, 0.717) is 30.8 Å². The van der Waals surface area contributed by atoms with Gasteiger partial charge in [-0.3, -0.25) is 9.36 Å². The van der Waals surface area contributed by atoms with Gasteiger partial charge < -0.3 is 10.6 Å². The summed E-state index contributed by atoms with van der Waals surface area (Å²) in [6, 6.07) is 0.403. The maximum absolute atomic E-state index is 12.1. The highest BCUT2D eigenvalue weighted by Crippen LogP contribution is 2.39. The predicted molar refractivity (Wildman–Crippen MR) is 80.4 cm³/mol. The van der Waals surface area contributed by atoms with Gasteiger partial charge in [-0.1, -0.05) is 23.9 Å². The van der Waals surface area contributed by atoms with Gasteiger partial charge in [-0.25, -0.2) is 0 Å². The summed E-state index contributed by atoms with van der Waals surface area (Å²) in [5, 5.41) is 8.64. The second-order valence-electron chi connectivity index (χ2n) is 4.61. The zero-order valence-electron chi connectivity index (χ0n) is 11.4. The Morgan fingerprint density at radius 1 is 1.40 bits per heavy atom. The summed E-state index contributed by atoms with van der Waals surface area (Å²) in [6.45, 7) is 8.34. The van der Waals surface area contributed by atoms with Gasteiger partial charge in [-0.15, -0.1) is 23.4 Å². The predicted octanol–water partition coefficient (Wildman–Crippen LogP) is 1.49. The first-order valence-electron chi connectivity index (χ1n) is 6.50. The molecule has 0 unspecified atom stereocenters. The number of nitrogens with two attached hydrogens (primary N) is 1. The third kappa shape index (κ3) is 3.41. The number of thioether (sulfide) groups is 1. The minimum absolute atomic E-state index is 0.0266. The number of hydrogen-bond acceptors (Lipinski definition) is 5. The van der Waals surface area contributed by atoms with Crippen molar-refractivity contribution in [3.63, 3.8) is 0 Å². The average Bonchev–Trinajstić information content (AvgIpc) is 3.20. The molecule has 2 rings (SSSR count). The molecule has 1 aromatic rings. The van der Waals surface area contributed by atoms with Gasteiger partial charge in [0.1, 0.15) is 0 Å². The van der Waals surface area contributed by atoms with Gasteiger partial charge in [0, 0.05) is 19.1 Å². The molecule has 1 heterocycles. The normalized spacial score (nSPS) is 14.0. The molecule has 1 aliphatic carbocycles. The molecule has 0 radical (unpaired) electrons. The van der Waals surface area contributed by atoms with E-state index in [-0.39, 0.29) is 5.91 Å². The lowest BCUT2D eigenvalue weighted by molar-refractivity contribution is -0.127. The van der Waals surface area contributed by atoms with Crippen LogP contribution in [0.2, 0.25) is 0 Å². The molecule has 0 aromatic carbocycles. The first kappa shape index (κ1) is 14.6. The summed E-state index contributed by atoms with van der Waals surface area (Å²) < 4.78 is 1.92. The standard InChI is InChI=1S/C13H19N5OS/c1-3-7-17(8-4-2)11(19)9-20-13-16-15-12(14)18(13)10-5-6-10/h3-4,10H,1-2,5-9H2,(H2,14,15). The van der Waals surface area contributed by atoms with Crippen molar-refractivity contribution >= 4 is 23.6 Å². The molecule has 0 saturated heterocycles. The maximum Gasteiger partial charge on any atom is 0.233 e. The quantitative estimate of drug-likeness (QED) is 0.580. The van der Waals surface area contributed by atoms with E-state index in [0.717, 1.165) is 18.0 Å². The number of nitrogens with zero attached hydrogens (tertiary/aromatic N) is 4. The summed E-state index contributed by atoms with van der Waals surface area (Å²) in [6.07, 6.45) is 5.61. The average molecular weight is 293 g/mol. The van der Waals surface area contributed by atoms with Gasteiger partial charge in [0.15, 0.2) is 5.16 Å². The Labute approximate surface area is 122 Å². The highest BCUT2D eigenvalue weighted by Gasteiger charge is 2.29. The summed E-state index contributed by atoms with van der Waals surface area (Å²) in [4.78, 5) is 13.8. The summed E-state index contributed by atoms with van der Waals surface area (Å²) >= 11 is 1.37. The highest BCUT2D eigenvalue weighted by molar-refractivity contribution is 7.99. The lowest BCUT2D eigenvalue weighted by atomic mass is 10.4. The Bertz CT molecular complexity index is 499. The van der Waals surface area contributed by atoms with Crippen LogP contribution in [0.4, 0.5) is 5.95 Å². The topological polar surface area (TPSA) is 77.0 Å². The smallest absolute Gasteiger partial charge is 0.233 e. The Morgan fingerprint density at radius 2 is 2.05 bits per heavy atom. The molecule has 1 aromatic heterocycles. The zero-order chi connectivity index (χ0) is 14.5. The number of carbonyl (C=O) groups excluding carboxylic acids is 1. The van der Waals surface area contributed by atoms with E-state index in [9.17, 15) is 4.79 Å². The highest BCUT2D eigenvalue weighted by atomic mass is 32.2. The molecule has 0 spiro atoms. The van der Waals surface area contributed by atoms with Gasteiger partial charge in [0.25, 0.3) is 0 Å². The van der Waals surface area contributed by atoms with Crippen LogP contribution in [0.3, 0.4) is 0 Å². The van der Waals surface area contributed by atoms with Crippen LogP contribution in [0.1, 0.15) is 18.9 Å². The fourth-order valence-corrected chi connectivity index (χ4v) is 2.79. The molecule has 0 bridgehead atoms. The van der Waals surface area contributed by atoms with Crippen molar-refractivity contribution in [3.05, 3.63) is 25.3 Å². The number of carbonyl (C=O) groups is 1. The molecule has 1 amide bonds. The van der Waals surface area contributed by atoms with Gasteiger partial charge in [0.2, 0.25) is 11.9 Å². The van der Waals surface area contributed by atoms with Crippen molar-refractivity contribution in [2.45, 2.75) is 24.0 Å². The number of hydrogen-bond donors (Lipinski definition) is 1. The molecule has 2 N–H and O–H groups in total. The van der Waals surface area contributed by atoms with Crippen LogP contribution in [-0.2, 0) is 4.79 Å². The molecule has 20 heavy (non-hydrogen) atoms. The molecular weight excluding hydrogens is 274 g/mol. The van der Waals surface area contributed by atoms with E-state index in [1.807, 2.05) is 4.57 Å². The second-order valence-corrected chi connectivity index (χ2v) is 5.55. The van der Waals surface area contributed by atoms with Crippen LogP contribution in [0, 0.1) is 0 Å². The molecular formula is C13H19N5OS. The Balaban J connectivity index is 1.95. The van der Waals surface area contributed by atoms with Crippen LogP contribution >= 0.6 is 11.8 Å². The van der Waals surface area contributed by atoms with Crippen molar-refractivity contribution in [3.8, 4) is 0 Å². The molecule has 0 atom stereocenters. The van der Waals surface area contributed by atoms with E-state index in [1.165, 1.54) is 11.8 Å². The number of anilines is 1. The van der Waals surface area contributed by atoms with E-state index < -0.39 is 0 Å². The van der Waals surface area contributed by atoms with E-state index >= 15 is 0 Å². The van der Waals surface area contributed by atoms with Crippen molar-refractivity contribution in [2.75, 3.05) is 24.6 Å². The largest absolute Gasteiger partial charge is 0.368 e. The Hall–Kier alpha value is -1.76. The van der Waals surface area contributed by atoms with Gasteiger partial charge in [0.05, 0.1) is 5.75 Å². The molecule has 0 aliphatic heterocycles. The van der Waals surface area contributed by atoms with Crippen molar-refractivity contribution < 1.29 is 4.79 Å². The van der Waals surface area contributed by atoms with Crippen LogP contribution in [0.25, 0.3) is 0 Å². The maximum atomic E-state index is 12.1. The SMILES string of the molecule is C=CCN(CC=C)C(=O)CSc1nnc(N)n1C1CC1. The molecule has 1 saturated carbocycles. The summed E-state index contributed by atoms with van der Waals surface area (Å²) in [5.74, 6) is 0.766. The van der Waals surface area contributed by atoms with Crippen molar-refractivity contribution in [1.29, 1.82) is 0 Å². The Kier molecular flexibility index (Phi) is 4.84. The monoisotopic (exact) mass is 293 g/mol. The zero-order valence-corrected chi connectivity index (χ0v) is 12.2. The van der Waals surface area contributed by atoms with Crippen LogP contribution in [-0.4, -0.2) is 44.4 Å². The molecule has 6 nitrogen and oxygen atoms in total. The fraction of sp³-hybridized carbons (Fsp3) is 0.462. The number of rotatable bonds is 8. The minimum atomic E-state index is 0.0266. The first-order valence-corrected chi connectivity index (χ1v) is 7.48. The number of nitrogen functional groups attached to an aromatic ring is 1. The van der Waals surface area contributed by atoms with Crippen LogP contribution in [0.5, 0.6) is 0 Å². The van der Waals surface area contributed by atoms with Crippen LogP contribution in [0.15, 0.2) is 30.5 Å². The van der Waals surface area contributed by atoms with Crippen LogP contribution < -0.4 is 5.73 Å². The number of aromatic nitrogens is 3. The lowest BCUT2D eigenvalue weighted by Gasteiger charge is -2.18. The minimum Gasteiger partial charge on any atom is -0.368 e. The summed E-state index contributed by atoms with van der Waals surface area (Å²) in [7, 11) is 0. The molecule has 1 aliphatic rings. The van der Waals surface area contributed by atoms with Crippen molar-refractivity contribution in [1.82, 2.24) is 19.7 Å². The third-order valence-corrected chi connectivity index (χ3v) is 3.91. The fourth-order valence-electron chi connectivity index (χ4n) is 1.87. The molecule has 7 heteroatoms. The summed E-state index contributed by atoms with van der Waals surface area (Å²) in [5.41, 5.74) is 5.80. The molecule has 1 fully saturated rings. The Morgan fingerprint density at radius 3 is 2.60 bits per heavy atom. The van der Waals surface area contributed by atoms with E-state index in [4.69, 9.17) is 5.73 Å². The lowest BCUT2D eigenvalue weighted by Crippen LogP contribution is -2.32. The van der Waals surface area contributed by atoms with Gasteiger partial charge in [-0.2, -0.15) is 0 Å². The van der Waals surface area contributed by atoms with Crippen molar-refractivity contribution in [2.24, 2.45) is 0 Å². The van der Waals surface area contributed by atoms with E-state index in [2.05, 4.69) is 23.4 Å². The van der Waals surface area contributed by atoms with E-state index in [1.54, 1.807) is 17.1 Å².